The molecule has 0 saturated heterocycles. The lowest BCUT2D eigenvalue weighted by molar-refractivity contribution is 0.217. The molecule has 1 rings (SSSR count). The molecular weight excluding hydrogens is 238 g/mol. The summed E-state index contributed by atoms with van der Waals surface area (Å²) >= 11 is 0. The lowest BCUT2D eigenvalue weighted by Crippen LogP contribution is -2.14. The highest BCUT2D eigenvalue weighted by atomic mass is 32.2. The quantitative estimate of drug-likeness (QED) is 0.796. The van der Waals surface area contributed by atoms with Crippen molar-refractivity contribution in [1.29, 1.82) is 5.26 Å². The average molecular weight is 253 g/mol. The summed E-state index contributed by atoms with van der Waals surface area (Å²) < 4.78 is 28.2. The van der Waals surface area contributed by atoms with E-state index in [1.165, 1.54) is 7.11 Å². The number of nitriles is 1. The van der Waals surface area contributed by atoms with Gasteiger partial charge in [0.15, 0.2) is 9.84 Å². The second-order valence-electron chi connectivity index (χ2n) is 3.84. The maximum absolute atomic E-state index is 11.7. The van der Waals surface area contributed by atoms with Crippen LogP contribution in [0, 0.1) is 18.3 Å². The van der Waals surface area contributed by atoms with Crippen molar-refractivity contribution in [2.45, 2.75) is 12.7 Å². The summed E-state index contributed by atoms with van der Waals surface area (Å²) in [6.07, 6.45) is 0. The molecule has 0 fully saturated rings. The second-order valence-corrected chi connectivity index (χ2v) is 6.02. The van der Waals surface area contributed by atoms with Crippen molar-refractivity contribution in [1.82, 2.24) is 0 Å². The summed E-state index contributed by atoms with van der Waals surface area (Å²) in [5, 5.41) is 8.72. The van der Waals surface area contributed by atoms with Crippen LogP contribution in [0.2, 0.25) is 0 Å². The van der Waals surface area contributed by atoms with E-state index < -0.39 is 9.84 Å². The van der Waals surface area contributed by atoms with Gasteiger partial charge in [0.2, 0.25) is 0 Å². The van der Waals surface area contributed by atoms with Crippen LogP contribution in [0.1, 0.15) is 16.7 Å². The van der Waals surface area contributed by atoms with Gasteiger partial charge < -0.3 is 4.74 Å². The maximum Gasteiger partial charge on any atom is 0.156 e. The lowest BCUT2D eigenvalue weighted by atomic mass is 10.1. The highest BCUT2D eigenvalue weighted by molar-refractivity contribution is 7.90. The number of sulfone groups is 1. The number of benzene rings is 1. The van der Waals surface area contributed by atoms with Gasteiger partial charge in [-0.3, -0.25) is 0 Å². The lowest BCUT2D eigenvalue weighted by Gasteiger charge is -2.07. The Labute approximate surface area is 102 Å². The van der Waals surface area contributed by atoms with Crippen LogP contribution in [-0.4, -0.2) is 27.9 Å². The van der Waals surface area contributed by atoms with E-state index in [1.54, 1.807) is 18.2 Å². The molecule has 0 heterocycles. The second kappa shape index (κ2) is 5.80. The minimum atomic E-state index is -3.15. The number of nitrogens with zero attached hydrogens (tertiary/aromatic N) is 1. The Bertz CT molecular complexity index is 529. The van der Waals surface area contributed by atoms with E-state index >= 15 is 0 Å². The molecule has 17 heavy (non-hydrogen) atoms. The number of hydrogen-bond acceptors (Lipinski definition) is 4. The van der Waals surface area contributed by atoms with E-state index in [-0.39, 0.29) is 18.1 Å². The van der Waals surface area contributed by atoms with E-state index in [0.717, 1.165) is 11.1 Å². The molecule has 0 radical (unpaired) electrons. The Morgan fingerprint density at radius 3 is 2.65 bits per heavy atom. The molecule has 0 aliphatic carbocycles. The fraction of sp³-hybridized carbons (Fsp3) is 0.417. The van der Waals surface area contributed by atoms with Gasteiger partial charge in [-0.1, -0.05) is 6.07 Å². The molecule has 0 bridgehead atoms. The molecule has 92 valence electrons. The Morgan fingerprint density at radius 1 is 1.41 bits per heavy atom. The third-order valence-electron chi connectivity index (χ3n) is 2.45. The predicted molar refractivity (Wildman–Crippen MR) is 65.3 cm³/mol. The van der Waals surface area contributed by atoms with Crippen molar-refractivity contribution in [3.8, 4) is 6.07 Å². The molecule has 0 spiro atoms. The smallest absolute Gasteiger partial charge is 0.156 e. The number of hydrogen-bond donors (Lipinski definition) is 0. The van der Waals surface area contributed by atoms with E-state index in [2.05, 4.69) is 0 Å². The normalized spacial score (nSPS) is 11.1. The molecule has 0 unspecified atom stereocenters. The van der Waals surface area contributed by atoms with Gasteiger partial charge in [0.05, 0.1) is 29.7 Å². The standard InChI is InChI=1S/C12H15NO3S/c1-10-7-11(8-13)3-4-12(10)9-17(14,15)6-5-16-2/h3-4,7H,5-6,9H2,1-2H3. The van der Waals surface area contributed by atoms with Crippen molar-refractivity contribution < 1.29 is 13.2 Å². The van der Waals surface area contributed by atoms with Gasteiger partial charge in [0.25, 0.3) is 0 Å². The number of ether oxygens (including phenoxy) is 1. The Hall–Kier alpha value is -1.38. The van der Waals surface area contributed by atoms with E-state index in [9.17, 15) is 8.42 Å². The van der Waals surface area contributed by atoms with Gasteiger partial charge in [-0.2, -0.15) is 5.26 Å². The third kappa shape index (κ3) is 4.17. The maximum atomic E-state index is 11.7. The summed E-state index contributed by atoms with van der Waals surface area (Å²) in [4.78, 5) is 0. The third-order valence-corrected chi connectivity index (χ3v) is 3.99. The van der Waals surface area contributed by atoms with E-state index in [4.69, 9.17) is 10.00 Å². The summed E-state index contributed by atoms with van der Waals surface area (Å²) in [6, 6.07) is 7.04. The minimum absolute atomic E-state index is 0.00605. The Morgan fingerprint density at radius 2 is 2.12 bits per heavy atom. The van der Waals surface area contributed by atoms with Gasteiger partial charge in [-0.05, 0) is 30.2 Å². The number of aryl methyl sites for hydroxylation is 1. The monoisotopic (exact) mass is 253 g/mol. The van der Waals surface area contributed by atoms with E-state index in [0.29, 0.717) is 5.56 Å². The van der Waals surface area contributed by atoms with Gasteiger partial charge >= 0.3 is 0 Å². The predicted octanol–water partition coefficient (Wildman–Crippen LogP) is 1.43. The van der Waals surface area contributed by atoms with Gasteiger partial charge in [-0.25, -0.2) is 8.42 Å². The van der Waals surface area contributed by atoms with Crippen LogP contribution in [0.15, 0.2) is 18.2 Å². The number of rotatable bonds is 5. The molecule has 0 aliphatic rings. The molecule has 4 nitrogen and oxygen atoms in total. The average Bonchev–Trinajstić information content (AvgIpc) is 2.29. The van der Waals surface area contributed by atoms with Gasteiger partial charge in [0.1, 0.15) is 0 Å². The number of methoxy groups -OCH3 is 1. The fourth-order valence-electron chi connectivity index (χ4n) is 1.45. The van der Waals surface area contributed by atoms with Crippen molar-refractivity contribution in [2.75, 3.05) is 19.5 Å². The summed E-state index contributed by atoms with van der Waals surface area (Å²) in [6.45, 7) is 2.01. The van der Waals surface area contributed by atoms with E-state index in [1.807, 2.05) is 13.0 Å². The zero-order valence-corrected chi connectivity index (χ0v) is 10.8. The molecule has 0 saturated carbocycles. The molecular formula is C12H15NO3S. The molecule has 1 aromatic rings. The summed E-state index contributed by atoms with van der Waals surface area (Å²) in [5.74, 6) is 0.0108. The largest absolute Gasteiger partial charge is 0.384 e. The van der Waals surface area contributed by atoms with Crippen LogP contribution in [0.5, 0.6) is 0 Å². The van der Waals surface area contributed by atoms with Crippen molar-refractivity contribution in [3.63, 3.8) is 0 Å². The zero-order valence-electron chi connectivity index (χ0n) is 9.93. The van der Waals surface area contributed by atoms with Crippen LogP contribution < -0.4 is 0 Å². The Kier molecular flexibility index (Phi) is 4.67. The Balaban J connectivity index is 2.86. The first-order valence-corrected chi connectivity index (χ1v) is 6.99. The molecule has 5 heteroatoms. The van der Waals surface area contributed by atoms with Gasteiger partial charge in [0, 0.05) is 7.11 Å². The highest BCUT2D eigenvalue weighted by Crippen LogP contribution is 2.14. The molecule has 0 atom stereocenters. The van der Waals surface area contributed by atoms with Crippen LogP contribution in [0.25, 0.3) is 0 Å². The van der Waals surface area contributed by atoms with Crippen LogP contribution in [0.4, 0.5) is 0 Å². The highest BCUT2D eigenvalue weighted by Gasteiger charge is 2.13. The van der Waals surface area contributed by atoms with Crippen LogP contribution in [0.3, 0.4) is 0 Å². The minimum Gasteiger partial charge on any atom is -0.384 e. The molecule has 0 amide bonds. The van der Waals surface area contributed by atoms with Crippen LogP contribution >= 0.6 is 0 Å². The van der Waals surface area contributed by atoms with Crippen molar-refractivity contribution in [3.05, 3.63) is 34.9 Å². The molecule has 0 aliphatic heterocycles. The topological polar surface area (TPSA) is 67.2 Å². The first-order chi connectivity index (χ1) is 7.98. The van der Waals surface area contributed by atoms with Crippen molar-refractivity contribution in [2.24, 2.45) is 0 Å². The summed E-state index contributed by atoms with van der Waals surface area (Å²) in [5.41, 5.74) is 2.10. The SMILES string of the molecule is COCCS(=O)(=O)Cc1ccc(C#N)cc1C. The first kappa shape index (κ1) is 13.7. The zero-order chi connectivity index (χ0) is 12.9. The van der Waals surface area contributed by atoms with Crippen molar-refractivity contribution >= 4 is 9.84 Å². The fourth-order valence-corrected chi connectivity index (χ4v) is 2.81. The van der Waals surface area contributed by atoms with Crippen LogP contribution in [-0.2, 0) is 20.3 Å². The first-order valence-electron chi connectivity index (χ1n) is 5.17. The molecule has 0 aromatic heterocycles. The van der Waals surface area contributed by atoms with Gasteiger partial charge in [-0.15, -0.1) is 0 Å². The molecule has 0 N–H and O–H groups in total. The summed E-state index contributed by atoms with van der Waals surface area (Å²) in [7, 11) is -1.67. The molecule has 1 aromatic carbocycles.